The van der Waals surface area contributed by atoms with E-state index in [0.717, 1.165) is 22.5 Å². The molecule has 0 atom stereocenters. The number of hydrazone groups is 1. The van der Waals surface area contributed by atoms with Crippen molar-refractivity contribution in [2.45, 2.75) is 13.5 Å². The van der Waals surface area contributed by atoms with Crippen LogP contribution < -0.4 is 10.7 Å². The van der Waals surface area contributed by atoms with Crippen molar-refractivity contribution in [2.24, 2.45) is 5.10 Å². The second-order valence-electron chi connectivity index (χ2n) is 7.65. The minimum Gasteiger partial charge on any atom is -0.337 e. The molecule has 34 heavy (non-hydrogen) atoms. The van der Waals surface area contributed by atoms with Crippen LogP contribution in [-0.4, -0.2) is 22.6 Å². The third-order valence-electron chi connectivity index (χ3n) is 5.18. The van der Waals surface area contributed by atoms with Crippen molar-refractivity contribution in [2.75, 3.05) is 5.32 Å². The summed E-state index contributed by atoms with van der Waals surface area (Å²) in [6.45, 7) is 2.06. The fourth-order valence-electron chi connectivity index (χ4n) is 3.49. The van der Waals surface area contributed by atoms with Gasteiger partial charge in [0.05, 0.1) is 23.4 Å². The van der Waals surface area contributed by atoms with Crippen LogP contribution in [0.15, 0.2) is 78.0 Å². The van der Waals surface area contributed by atoms with Crippen LogP contribution in [0.5, 0.6) is 0 Å². The van der Waals surface area contributed by atoms with Crippen LogP contribution in [0, 0.1) is 24.1 Å². The average molecular weight is 453 g/mol. The number of hydrogen-bond donors (Lipinski definition) is 2. The lowest BCUT2D eigenvalue weighted by atomic mass is 10.1. The van der Waals surface area contributed by atoms with Crippen LogP contribution >= 0.6 is 0 Å². The van der Waals surface area contributed by atoms with Crippen LogP contribution in [0.3, 0.4) is 0 Å². The molecular weight excluding hydrogens is 433 g/mol. The first kappa shape index (κ1) is 22.4. The Kier molecular flexibility index (Phi) is 6.46. The number of aryl methyl sites for hydroxylation is 1. The first-order valence-electron chi connectivity index (χ1n) is 10.4. The Morgan fingerprint density at radius 2 is 1.88 bits per heavy atom. The van der Waals surface area contributed by atoms with E-state index in [1.54, 1.807) is 10.8 Å². The average Bonchev–Trinajstić information content (AvgIpc) is 3.17. The summed E-state index contributed by atoms with van der Waals surface area (Å²) in [4.78, 5) is 24.8. The quantitative estimate of drug-likeness (QED) is 0.335. The number of amides is 2. The molecule has 0 unspecified atom stereocenters. The van der Waals surface area contributed by atoms with Crippen LogP contribution in [0.4, 0.5) is 10.1 Å². The maximum atomic E-state index is 14.0. The second kappa shape index (κ2) is 9.79. The lowest BCUT2D eigenvalue weighted by Gasteiger charge is -2.07. The number of anilines is 1. The number of benzene rings is 3. The number of hydrogen-bond acceptors (Lipinski definition) is 4. The van der Waals surface area contributed by atoms with E-state index in [0.29, 0.717) is 11.3 Å². The van der Waals surface area contributed by atoms with Crippen molar-refractivity contribution in [3.8, 4) is 6.07 Å². The number of aromatic nitrogens is 1. The summed E-state index contributed by atoms with van der Waals surface area (Å²) in [6.07, 6.45) is 3.20. The molecule has 0 aliphatic carbocycles. The molecule has 0 saturated heterocycles. The standard InChI is InChI=1S/C26H20FN5O2/c1-17-6-9-20(10-7-17)30-25(33)16-32-15-19(21-4-2-3-5-24(21)32)14-29-31-26(34)22-11-8-18(13-28)12-23(22)27/h2-12,14-15H,16H2,1H3,(H,30,33)(H,31,34)/b29-14-. The van der Waals surface area contributed by atoms with Gasteiger partial charge in [-0.05, 0) is 43.3 Å². The summed E-state index contributed by atoms with van der Waals surface area (Å²) in [5.74, 6) is -1.72. The van der Waals surface area contributed by atoms with Crippen LogP contribution in [0.25, 0.3) is 10.9 Å². The Morgan fingerprint density at radius 1 is 1.12 bits per heavy atom. The van der Waals surface area contributed by atoms with Gasteiger partial charge >= 0.3 is 0 Å². The monoisotopic (exact) mass is 453 g/mol. The minimum atomic E-state index is -0.803. The molecule has 0 aliphatic rings. The van der Waals surface area contributed by atoms with Gasteiger partial charge in [-0.3, -0.25) is 9.59 Å². The van der Waals surface area contributed by atoms with Crippen LogP contribution in [0.2, 0.25) is 0 Å². The normalized spacial score (nSPS) is 10.9. The zero-order valence-corrected chi connectivity index (χ0v) is 18.2. The first-order chi connectivity index (χ1) is 16.4. The van der Waals surface area contributed by atoms with E-state index in [2.05, 4.69) is 15.8 Å². The number of para-hydroxylation sites is 1. The molecule has 0 saturated carbocycles. The minimum absolute atomic E-state index is 0.0883. The second-order valence-corrected chi connectivity index (χ2v) is 7.65. The molecule has 0 bridgehead atoms. The molecule has 4 rings (SSSR count). The molecule has 2 amide bonds. The molecule has 0 radical (unpaired) electrons. The molecule has 2 N–H and O–H groups in total. The number of fused-ring (bicyclic) bond motifs is 1. The van der Waals surface area contributed by atoms with Gasteiger partial charge in [0.2, 0.25) is 5.91 Å². The largest absolute Gasteiger partial charge is 0.337 e. The van der Waals surface area contributed by atoms with Gasteiger partial charge in [0, 0.05) is 28.4 Å². The smallest absolute Gasteiger partial charge is 0.274 e. The van der Waals surface area contributed by atoms with Gasteiger partial charge in [-0.1, -0.05) is 35.9 Å². The lowest BCUT2D eigenvalue weighted by Crippen LogP contribution is -2.19. The van der Waals surface area contributed by atoms with E-state index in [1.807, 2.05) is 61.5 Å². The maximum Gasteiger partial charge on any atom is 0.274 e. The van der Waals surface area contributed by atoms with Gasteiger partial charge < -0.3 is 9.88 Å². The summed E-state index contributed by atoms with van der Waals surface area (Å²) >= 11 is 0. The predicted molar refractivity (Wildman–Crippen MR) is 128 cm³/mol. The highest BCUT2D eigenvalue weighted by Gasteiger charge is 2.13. The third-order valence-corrected chi connectivity index (χ3v) is 5.18. The predicted octanol–water partition coefficient (Wildman–Crippen LogP) is 4.36. The topological polar surface area (TPSA) is 99.3 Å². The zero-order chi connectivity index (χ0) is 24.1. The van der Waals surface area contributed by atoms with E-state index in [9.17, 15) is 14.0 Å². The number of nitrogens with one attached hydrogen (secondary N) is 2. The molecule has 8 heteroatoms. The van der Waals surface area contributed by atoms with E-state index in [1.165, 1.54) is 18.3 Å². The summed E-state index contributed by atoms with van der Waals surface area (Å²) in [5.41, 5.74) is 5.53. The molecule has 1 aromatic heterocycles. The van der Waals surface area contributed by atoms with Crippen LogP contribution in [0.1, 0.15) is 27.0 Å². The first-order valence-corrected chi connectivity index (χ1v) is 10.4. The van der Waals surface area contributed by atoms with Crippen molar-refractivity contribution < 1.29 is 14.0 Å². The number of rotatable bonds is 6. The lowest BCUT2D eigenvalue weighted by molar-refractivity contribution is -0.116. The summed E-state index contributed by atoms with van der Waals surface area (Å²) in [7, 11) is 0. The van der Waals surface area contributed by atoms with E-state index in [4.69, 9.17) is 5.26 Å². The Balaban J connectivity index is 1.49. The molecule has 1 heterocycles. The highest BCUT2D eigenvalue weighted by molar-refractivity contribution is 6.01. The van der Waals surface area contributed by atoms with Gasteiger partial charge in [-0.25, -0.2) is 9.82 Å². The molecule has 7 nitrogen and oxygen atoms in total. The Morgan fingerprint density at radius 3 is 2.62 bits per heavy atom. The fourth-order valence-corrected chi connectivity index (χ4v) is 3.49. The van der Waals surface area contributed by atoms with Gasteiger partial charge in [-0.15, -0.1) is 0 Å². The van der Waals surface area contributed by atoms with Crippen molar-refractivity contribution in [1.29, 1.82) is 5.26 Å². The maximum absolute atomic E-state index is 14.0. The summed E-state index contributed by atoms with van der Waals surface area (Å²) in [5, 5.41) is 16.5. The Labute approximate surface area is 195 Å². The van der Waals surface area contributed by atoms with E-state index < -0.39 is 11.7 Å². The Bertz CT molecular complexity index is 1450. The van der Waals surface area contributed by atoms with E-state index in [-0.39, 0.29) is 23.6 Å². The zero-order valence-electron chi connectivity index (χ0n) is 18.2. The van der Waals surface area contributed by atoms with Crippen LogP contribution in [-0.2, 0) is 11.3 Å². The third kappa shape index (κ3) is 5.00. The van der Waals surface area contributed by atoms with Crippen molar-refractivity contribution in [1.82, 2.24) is 9.99 Å². The van der Waals surface area contributed by atoms with Gasteiger partial charge in [0.15, 0.2) is 0 Å². The van der Waals surface area contributed by atoms with E-state index >= 15 is 0 Å². The number of carbonyl (C=O) groups is 2. The number of nitrogens with zero attached hydrogens (tertiary/aromatic N) is 3. The van der Waals surface area contributed by atoms with Crippen molar-refractivity contribution in [3.63, 3.8) is 0 Å². The molecule has 3 aromatic carbocycles. The summed E-state index contributed by atoms with van der Waals surface area (Å²) < 4.78 is 15.8. The molecule has 0 spiro atoms. The SMILES string of the molecule is Cc1ccc(NC(=O)Cn2cc(/C=N\NC(=O)c3ccc(C#N)cc3F)c3ccccc32)cc1. The molecule has 168 valence electrons. The Hall–Kier alpha value is -4.77. The molecule has 0 aliphatic heterocycles. The number of carbonyl (C=O) groups excluding carboxylic acids is 2. The highest BCUT2D eigenvalue weighted by Crippen LogP contribution is 2.20. The molecular formula is C26H20FN5O2. The van der Waals surface area contributed by atoms with Gasteiger partial charge in [-0.2, -0.15) is 10.4 Å². The molecule has 0 fully saturated rings. The summed E-state index contributed by atoms with van der Waals surface area (Å²) in [6, 6.07) is 20.4. The van der Waals surface area contributed by atoms with Crippen molar-refractivity contribution >= 4 is 34.6 Å². The van der Waals surface area contributed by atoms with Gasteiger partial charge in [0.1, 0.15) is 12.4 Å². The number of nitriles is 1. The van der Waals surface area contributed by atoms with Gasteiger partial charge in [0.25, 0.3) is 5.91 Å². The number of halogens is 1. The highest BCUT2D eigenvalue weighted by atomic mass is 19.1. The fraction of sp³-hybridized carbons (Fsp3) is 0.0769. The molecule has 4 aromatic rings. The van der Waals surface area contributed by atoms with Crippen molar-refractivity contribution in [3.05, 3.63) is 101 Å².